The predicted molar refractivity (Wildman–Crippen MR) is 77.1 cm³/mol. The second-order valence-corrected chi connectivity index (χ2v) is 7.07. The summed E-state index contributed by atoms with van der Waals surface area (Å²) in [5.74, 6) is -0.00799. The number of carbonyl (C=O) groups excluding carboxylic acids is 1. The van der Waals surface area contributed by atoms with E-state index in [2.05, 4.69) is 25.5 Å². The minimum atomic E-state index is -0.00799. The van der Waals surface area contributed by atoms with Gasteiger partial charge in [-0.25, -0.2) is 0 Å². The maximum Gasteiger partial charge on any atom is 0.267 e. The number of hydrogen-bond acceptors (Lipinski definition) is 5. The van der Waals surface area contributed by atoms with E-state index in [1.807, 2.05) is 19.1 Å². The zero-order valence-corrected chi connectivity index (χ0v) is 13.2. The first-order valence-corrected chi connectivity index (χ1v) is 7.81. The Kier molecular flexibility index (Phi) is 4.47. The molecule has 0 atom stereocenters. The van der Waals surface area contributed by atoms with E-state index in [0.717, 1.165) is 20.8 Å². The van der Waals surface area contributed by atoms with Crippen LogP contribution in [0.4, 0.5) is 0 Å². The molecule has 0 radical (unpaired) electrons. The third-order valence-electron chi connectivity index (χ3n) is 2.45. The van der Waals surface area contributed by atoms with Crippen molar-refractivity contribution in [2.45, 2.75) is 19.9 Å². The Morgan fingerprint density at radius 3 is 2.89 bits per heavy atom. The van der Waals surface area contributed by atoms with E-state index in [1.54, 1.807) is 23.3 Å². The SMILES string of the molecule is CCc1nnsc1C(=O)N(C)Cc1ccc(Br)s1. The summed E-state index contributed by atoms with van der Waals surface area (Å²) in [5.41, 5.74) is 0.782. The van der Waals surface area contributed by atoms with Crippen LogP contribution in [-0.2, 0) is 13.0 Å². The van der Waals surface area contributed by atoms with Crippen LogP contribution in [0.15, 0.2) is 15.9 Å². The van der Waals surface area contributed by atoms with Gasteiger partial charge in [-0.1, -0.05) is 11.4 Å². The third-order valence-corrected chi connectivity index (χ3v) is 4.82. The zero-order valence-electron chi connectivity index (χ0n) is 10.0. The lowest BCUT2D eigenvalue weighted by Gasteiger charge is -2.15. The van der Waals surface area contributed by atoms with Gasteiger partial charge >= 0.3 is 0 Å². The van der Waals surface area contributed by atoms with Crippen molar-refractivity contribution in [3.05, 3.63) is 31.4 Å². The average molecular weight is 346 g/mol. The van der Waals surface area contributed by atoms with Crippen molar-refractivity contribution < 1.29 is 4.79 Å². The Labute approximate surface area is 122 Å². The normalized spacial score (nSPS) is 10.6. The van der Waals surface area contributed by atoms with Gasteiger partial charge in [-0.15, -0.1) is 16.4 Å². The van der Waals surface area contributed by atoms with Gasteiger partial charge in [0.05, 0.1) is 16.0 Å². The van der Waals surface area contributed by atoms with Crippen molar-refractivity contribution >= 4 is 44.7 Å². The largest absolute Gasteiger partial charge is 0.336 e. The Balaban J connectivity index is 2.09. The highest BCUT2D eigenvalue weighted by atomic mass is 79.9. The third kappa shape index (κ3) is 2.96. The highest BCUT2D eigenvalue weighted by molar-refractivity contribution is 9.11. The van der Waals surface area contributed by atoms with E-state index < -0.39 is 0 Å². The number of halogens is 1. The minimum absolute atomic E-state index is 0.00799. The molecule has 0 saturated carbocycles. The average Bonchev–Trinajstić information content (AvgIpc) is 2.96. The molecule has 0 aliphatic rings. The van der Waals surface area contributed by atoms with Crippen molar-refractivity contribution in [1.29, 1.82) is 0 Å². The van der Waals surface area contributed by atoms with Gasteiger partial charge in [0.15, 0.2) is 0 Å². The molecule has 0 spiro atoms. The fourth-order valence-electron chi connectivity index (χ4n) is 1.52. The van der Waals surface area contributed by atoms with Crippen molar-refractivity contribution in [1.82, 2.24) is 14.5 Å². The van der Waals surface area contributed by atoms with Crippen LogP contribution in [0.2, 0.25) is 0 Å². The van der Waals surface area contributed by atoms with Gasteiger partial charge in [0.1, 0.15) is 4.88 Å². The summed E-state index contributed by atoms with van der Waals surface area (Å²) in [6.45, 7) is 2.58. The molecule has 4 nitrogen and oxygen atoms in total. The number of thiophene rings is 1. The number of nitrogens with zero attached hydrogens (tertiary/aromatic N) is 3. The zero-order chi connectivity index (χ0) is 13.1. The minimum Gasteiger partial charge on any atom is -0.336 e. The molecule has 0 aromatic carbocycles. The molecule has 7 heteroatoms. The fraction of sp³-hybridized carbons (Fsp3) is 0.364. The number of aromatic nitrogens is 2. The summed E-state index contributed by atoms with van der Waals surface area (Å²) in [5, 5.41) is 3.97. The first-order valence-electron chi connectivity index (χ1n) is 5.42. The van der Waals surface area contributed by atoms with E-state index in [4.69, 9.17) is 0 Å². The van der Waals surface area contributed by atoms with Crippen molar-refractivity contribution in [2.75, 3.05) is 7.05 Å². The molecule has 0 aliphatic heterocycles. The summed E-state index contributed by atoms with van der Waals surface area (Å²) in [7, 11) is 1.80. The molecule has 0 saturated heterocycles. The quantitative estimate of drug-likeness (QED) is 0.854. The standard InChI is InChI=1S/C11H12BrN3OS2/c1-3-8-10(18-14-13-8)11(16)15(2)6-7-4-5-9(12)17-7/h4-5H,3,6H2,1-2H3. The summed E-state index contributed by atoms with van der Waals surface area (Å²) in [6.07, 6.45) is 0.732. The van der Waals surface area contributed by atoms with E-state index in [9.17, 15) is 4.79 Å². The molecular weight excluding hydrogens is 334 g/mol. The Hall–Kier alpha value is -0.790. The van der Waals surface area contributed by atoms with Crippen LogP contribution < -0.4 is 0 Å². The van der Waals surface area contributed by atoms with Crippen LogP contribution in [-0.4, -0.2) is 27.4 Å². The summed E-state index contributed by atoms with van der Waals surface area (Å²) in [6, 6.07) is 4.01. The van der Waals surface area contributed by atoms with Crippen LogP contribution in [0.1, 0.15) is 27.2 Å². The Morgan fingerprint density at radius 1 is 1.50 bits per heavy atom. The van der Waals surface area contributed by atoms with E-state index in [0.29, 0.717) is 11.4 Å². The van der Waals surface area contributed by atoms with Gasteiger partial charge in [-0.05, 0) is 46.0 Å². The lowest BCUT2D eigenvalue weighted by Crippen LogP contribution is -2.25. The number of amides is 1. The lowest BCUT2D eigenvalue weighted by atomic mass is 10.3. The molecule has 2 aromatic rings. The van der Waals surface area contributed by atoms with E-state index in [-0.39, 0.29) is 5.91 Å². The summed E-state index contributed by atoms with van der Waals surface area (Å²) < 4.78 is 4.92. The van der Waals surface area contributed by atoms with Gasteiger partial charge in [-0.3, -0.25) is 4.79 Å². The van der Waals surface area contributed by atoms with Crippen LogP contribution in [0.3, 0.4) is 0 Å². The molecule has 2 rings (SSSR count). The Bertz CT molecular complexity index is 552. The van der Waals surface area contributed by atoms with Gasteiger partial charge < -0.3 is 4.90 Å². The number of hydrogen-bond donors (Lipinski definition) is 0. The molecule has 18 heavy (non-hydrogen) atoms. The first-order chi connectivity index (χ1) is 8.61. The number of aryl methyl sites for hydroxylation is 1. The second-order valence-electron chi connectivity index (χ2n) is 3.77. The highest BCUT2D eigenvalue weighted by Gasteiger charge is 2.19. The molecule has 0 aliphatic carbocycles. The molecule has 2 heterocycles. The van der Waals surface area contributed by atoms with Crippen molar-refractivity contribution in [3.63, 3.8) is 0 Å². The van der Waals surface area contributed by atoms with E-state index >= 15 is 0 Å². The van der Waals surface area contributed by atoms with Gasteiger partial charge in [0.2, 0.25) is 0 Å². The maximum absolute atomic E-state index is 12.2. The molecule has 0 bridgehead atoms. The Morgan fingerprint density at radius 2 is 2.28 bits per heavy atom. The van der Waals surface area contributed by atoms with Gasteiger partial charge in [0.25, 0.3) is 5.91 Å². The van der Waals surface area contributed by atoms with Crippen LogP contribution >= 0.6 is 38.8 Å². The number of carbonyl (C=O) groups is 1. The number of rotatable bonds is 4. The van der Waals surface area contributed by atoms with Gasteiger partial charge in [0, 0.05) is 11.9 Å². The smallest absolute Gasteiger partial charge is 0.267 e. The van der Waals surface area contributed by atoms with Crippen LogP contribution in [0.5, 0.6) is 0 Å². The summed E-state index contributed by atoms with van der Waals surface area (Å²) >= 11 is 6.22. The first kappa shape index (κ1) is 13.6. The van der Waals surface area contributed by atoms with Crippen LogP contribution in [0, 0.1) is 0 Å². The summed E-state index contributed by atoms with van der Waals surface area (Å²) in [4.78, 5) is 15.7. The topological polar surface area (TPSA) is 46.1 Å². The molecule has 96 valence electrons. The molecule has 1 amide bonds. The second kappa shape index (κ2) is 5.90. The van der Waals surface area contributed by atoms with Crippen molar-refractivity contribution in [2.24, 2.45) is 0 Å². The van der Waals surface area contributed by atoms with E-state index in [1.165, 1.54) is 11.5 Å². The van der Waals surface area contributed by atoms with Crippen molar-refractivity contribution in [3.8, 4) is 0 Å². The molecule has 2 aromatic heterocycles. The maximum atomic E-state index is 12.2. The fourth-order valence-corrected chi connectivity index (χ4v) is 3.80. The van der Waals surface area contributed by atoms with Crippen LogP contribution in [0.25, 0.3) is 0 Å². The molecule has 0 N–H and O–H groups in total. The predicted octanol–water partition coefficient (Wildman–Crippen LogP) is 3.20. The lowest BCUT2D eigenvalue weighted by molar-refractivity contribution is 0.0790. The highest BCUT2D eigenvalue weighted by Crippen LogP contribution is 2.24. The monoisotopic (exact) mass is 345 g/mol. The van der Waals surface area contributed by atoms with Gasteiger partial charge in [-0.2, -0.15) is 0 Å². The molecular formula is C11H12BrN3OS2. The molecule has 0 unspecified atom stereocenters. The molecule has 0 fully saturated rings.